The topological polar surface area (TPSA) is 92.7 Å². The highest BCUT2D eigenvalue weighted by atomic mass is 16.5. The van der Waals surface area contributed by atoms with Gasteiger partial charge in [0.1, 0.15) is 11.4 Å². The highest BCUT2D eigenvalue weighted by Gasteiger charge is 2.23. The van der Waals surface area contributed by atoms with Crippen LogP contribution >= 0.6 is 0 Å². The molecule has 3 rings (SSSR count). The molecule has 1 unspecified atom stereocenters. The summed E-state index contributed by atoms with van der Waals surface area (Å²) in [5.74, 6) is -1.06. The van der Waals surface area contributed by atoms with E-state index in [0.717, 1.165) is 19.3 Å². The second kappa shape index (κ2) is 8.99. The van der Waals surface area contributed by atoms with Crippen molar-refractivity contribution in [2.75, 3.05) is 0 Å². The lowest BCUT2D eigenvalue weighted by Crippen LogP contribution is -2.30. The predicted octanol–water partition coefficient (Wildman–Crippen LogP) is 3.43. The lowest BCUT2D eigenvalue weighted by molar-refractivity contribution is -0.133. The van der Waals surface area contributed by atoms with Crippen molar-refractivity contribution in [2.24, 2.45) is 0 Å². The molecule has 0 radical (unpaired) electrons. The Kier molecular flexibility index (Phi) is 6.22. The van der Waals surface area contributed by atoms with Crippen molar-refractivity contribution in [3.63, 3.8) is 0 Å². The van der Waals surface area contributed by atoms with Gasteiger partial charge in [-0.25, -0.2) is 4.79 Å². The monoisotopic (exact) mass is 379 g/mol. The summed E-state index contributed by atoms with van der Waals surface area (Å²) in [5, 5.41) is 11.8. The number of amides is 1. The Morgan fingerprint density at radius 1 is 1.04 bits per heavy atom. The number of hydrogen-bond donors (Lipinski definition) is 2. The molecule has 2 aromatic carbocycles. The number of carbonyl (C=O) groups excluding carboxylic acids is 2. The summed E-state index contributed by atoms with van der Waals surface area (Å²) < 4.78 is 5.74. The first-order valence-corrected chi connectivity index (χ1v) is 9.14. The summed E-state index contributed by atoms with van der Waals surface area (Å²) in [4.78, 5) is 35.5. The van der Waals surface area contributed by atoms with Gasteiger partial charge in [0.2, 0.25) is 0 Å². The normalized spacial score (nSPS) is 17.1. The van der Waals surface area contributed by atoms with Gasteiger partial charge in [-0.05, 0) is 55.2 Å². The number of carbonyl (C=O) groups is 3. The minimum absolute atomic E-state index is 0.118. The Balaban J connectivity index is 1.69. The summed E-state index contributed by atoms with van der Waals surface area (Å²) in [6, 6.07) is 15.1. The zero-order valence-electron chi connectivity index (χ0n) is 15.3. The molecule has 1 aliphatic carbocycles. The molecule has 0 heterocycles. The Morgan fingerprint density at radius 3 is 2.39 bits per heavy atom. The van der Waals surface area contributed by atoms with E-state index in [1.165, 1.54) is 6.08 Å². The van der Waals surface area contributed by atoms with Crippen LogP contribution in [0, 0.1) is 0 Å². The van der Waals surface area contributed by atoms with E-state index >= 15 is 0 Å². The van der Waals surface area contributed by atoms with E-state index < -0.39 is 18.0 Å². The fourth-order valence-electron chi connectivity index (χ4n) is 2.98. The van der Waals surface area contributed by atoms with Crippen molar-refractivity contribution in [3.8, 4) is 5.75 Å². The van der Waals surface area contributed by atoms with Crippen LogP contribution in [-0.2, 0) is 9.59 Å². The molecule has 0 aromatic heterocycles. The molecule has 1 amide bonds. The van der Waals surface area contributed by atoms with Gasteiger partial charge in [-0.3, -0.25) is 9.59 Å². The van der Waals surface area contributed by atoms with Gasteiger partial charge >= 0.3 is 5.97 Å². The Morgan fingerprint density at radius 2 is 1.75 bits per heavy atom. The molecular weight excluding hydrogens is 358 g/mol. The number of ether oxygens (including phenoxy) is 1. The molecule has 0 bridgehead atoms. The van der Waals surface area contributed by atoms with Crippen LogP contribution in [0.15, 0.2) is 60.3 Å². The molecular formula is C22H21NO5. The van der Waals surface area contributed by atoms with E-state index in [1.807, 2.05) is 0 Å². The number of carboxylic acids is 1. The minimum Gasteiger partial charge on any atom is -0.483 e. The Hall–Kier alpha value is -3.41. The molecule has 1 aliphatic rings. The summed E-state index contributed by atoms with van der Waals surface area (Å²) in [5.41, 5.74) is 0.730. The lowest BCUT2D eigenvalue weighted by Gasteiger charge is -2.21. The lowest BCUT2D eigenvalue weighted by atomic mass is 9.96. The van der Waals surface area contributed by atoms with Gasteiger partial charge in [0.25, 0.3) is 5.91 Å². The SMILES string of the molecule is O=C(O)/C(=C\c1ccc(OC2CCCCC2=O)cc1)NC(=O)c1ccccc1. The van der Waals surface area contributed by atoms with Crippen LogP contribution in [0.25, 0.3) is 6.08 Å². The molecule has 1 saturated carbocycles. The van der Waals surface area contributed by atoms with Crippen LogP contribution in [0.3, 0.4) is 0 Å². The molecule has 144 valence electrons. The zero-order valence-corrected chi connectivity index (χ0v) is 15.3. The van der Waals surface area contributed by atoms with Gasteiger partial charge in [-0.15, -0.1) is 0 Å². The molecule has 6 nitrogen and oxygen atoms in total. The number of aliphatic carboxylic acids is 1. The number of nitrogens with one attached hydrogen (secondary N) is 1. The standard InChI is InChI=1S/C22H21NO5/c24-19-8-4-5-9-20(19)28-17-12-10-15(11-13-17)14-18(22(26)27)23-21(25)16-6-2-1-3-7-16/h1-3,6-7,10-14,20H,4-5,8-9H2,(H,23,25)(H,26,27)/b18-14+. The Labute approximate surface area is 162 Å². The highest BCUT2D eigenvalue weighted by molar-refractivity contribution is 6.02. The van der Waals surface area contributed by atoms with E-state index in [4.69, 9.17) is 4.74 Å². The van der Waals surface area contributed by atoms with Crippen LogP contribution in [0.4, 0.5) is 0 Å². The molecule has 1 atom stereocenters. The van der Waals surface area contributed by atoms with Gasteiger partial charge < -0.3 is 15.2 Å². The predicted molar refractivity (Wildman–Crippen MR) is 104 cm³/mol. The fourth-order valence-corrected chi connectivity index (χ4v) is 2.98. The zero-order chi connectivity index (χ0) is 19.9. The van der Waals surface area contributed by atoms with Crippen LogP contribution < -0.4 is 10.1 Å². The Bertz CT molecular complexity index is 887. The third kappa shape index (κ3) is 5.07. The molecule has 6 heteroatoms. The van der Waals surface area contributed by atoms with Gasteiger partial charge in [-0.2, -0.15) is 0 Å². The summed E-state index contributed by atoms with van der Waals surface area (Å²) in [6.45, 7) is 0. The first kappa shape index (κ1) is 19.4. The highest BCUT2D eigenvalue weighted by Crippen LogP contribution is 2.22. The van der Waals surface area contributed by atoms with E-state index in [0.29, 0.717) is 23.3 Å². The molecule has 2 N–H and O–H groups in total. The fraction of sp³-hybridized carbons (Fsp3) is 0.227. The number of carboxylic acid groups (broad SMARTS) is 1. The maximum Gasteiger partial charge on any atom is 0.352 e. The number of hydrogen-bond acceptors (Lipinski definition) is 4. The van der Waals surface area contributed by atoms with E-state index in [2.05, 4.69) is 5.32 Å². The molecule has 2 aromatic rings. The van der Waals surface area contributed by atoms with Crippen LogP contribution in [0.2, 0.25) is 0 Å². The van der Waals surface area contributed by atoms with Crippen molar-refractivity contribution >= 4 is 23.7 Å². The number of Topliss-reactive ketones (excluding diaryl/α,β-unsaturated/α-hetero) is 1. The molecule has 0 spiro atoms. The summed E-state index contributed by atoms with van der Waals surface area (Å²) in [7, 11) is 0. The number of ketones is 1. The van der Waals surface area contributed by atoms with Crippen molar-refractivity contribution in [3.05, 3.63) is 71.4 Å². The molecule has 0 aliphatic heterocycles. The van der Waals surface area contributed by atoms with Crippen LogP contribution in [0.1, 0.15) is 41.6 Å². The summed E-state index contributed by atoms with van der Waals surface area (Å²) in [6.07, 6.45) is 4.12. The van der Waals surface area contributed by atoms with Crippen molar-refractivity contribution < 1.29 is 24.2 Å². The maximum atomic E-state index is 12.2. The first-order valence-electron chi connectivity index (χ1n) is 9.14. The molecule has 28 heavy (non-hydrogen) atoms. The summed E-state index contributed by atoms with van der Waals surface area (Å²) >= 11 is 0. The van der Waals surface area contributed by atoms with Gasteiger partial charge in [-0.1, -0.05) is 30.3 Å². The second-order valence-electron chi connectivity index (χ2n) is 6.57. The maximum absolute atomic E-state index is 12.2. The van der Waals surface area contributed by atoms with Crippen molar-refractivity contribution in [1.29, 1.82) is 0 Å². The van der Waals surface area contributed by atoms with Gasteiger partial charge in [0, 0.05) is 12.0 Å². The largest absolute Gasteiger partial charge is 0.483 e. The molecule has 0 saturated heterocycles. The van der Waals surface area contributed by atoms with Crippen LogP contribution in [0.5, 0.6) is 5.75 Å². The van der Waals surface area contributed by atoms with Gasteiger partial charge in [0.15, 0.2) is 11.9 Å². The smallest absolute Gasteiger partial charge is 0.352 e. The number of benzene rings is 2. The third-order valence-corrected chi connectivity index (χ3v) is 4.48. The first-order chi connectivity index (χ1) is 13.5. The quantitative estimate of drug-likeness (QED) is 0.750. The minimum atomic E-state index is -1.24. The molecule has 1 fully saturated rings. The van der Waals surface area contributed by atoms with Crippen LogP contribution in [-0.4, -0.2) is 28.9 Å². The van der Waals surface area contributed by atoms with Crippen molar-refractivity contribution in [1.82, 2.24) is 5.32 Å². The van der Waals surface area contributed by atoms with E-state index in [9.17, 15) is 19.5 Å². The third-order valence-electron chi connectivity index (χ3n) is 4.48. The van der Waals surface area contributed by atoms with E-state index in [-0.39, 0.29) is 11.5 Å². The van der Waals surface area contributed by atoms with E-state index in [1.54, 1.807) is 54.6 Å². The average molecular weight is 379 g/mol. The second-order valence-corrected chi connectivity index (χ2v) is 6.57. The number of rotatable bonds is 6. The van der Waals surface area contributed by atoms with Gasteiger partial charge in [0.05, 0.1) is 0 Å². The average Bonchev–Trinajstić information content (AvgIpc) is 2.71. The van der Waals surface area contributed by atoms with Crippen molar-refractivity contribution in [2.45, 2.75) is 31.8 Å².